The minimum atomic E-state index is -0.153. The van der Waals surface area contributed by atoms with Gasteiger partial charge in [0, 0.05) is 18.4 Å². The second kappa shape index (κ2) is 10.1. The molecule has 0 radical (unpaired) electrons. The summed E-state index contributed by atoms with van der Waals surface area (Å²) in [7, 11) is 0. The van der Waals surface area contributed by atoms with Gasteiger partial charge in [-0.1, -0.05) is 30.3 Å². The van der Waals surface area contributed by atoms with Gasteiger partial charge in [-0.05, 0) is 31.2 Å². The molecule has 2 aromatic carbocycles. The maximum atomic E-state index is 11.9. The standard InChI is InChI=1S/C20H23NO4/c1-2-24-17-8-10-18(11-9-17)25-15-14-21-20(23)13-12-19(22)16-6-4-3-5-7-16/h3-11H,2,12-15H2,1H3,(H,21,23). The molecule has 1 amide bonds. The van der Waals surface area contributed by atoms with Gasteiger partial charge in [0.05, 0.1) is 13.2 Å². The molecule has 0 aliphatic carbocycles. The highest BCUT2D eigenvalue weighted by molar-refractivity contribution is 5.97. The molecular formula is C20H23NO4. The van der Waals surface area contributed by atoms with Gasteiger partial charge in [-0.25, -0.2) is 0 Å². The fraction of sp³-hybridized carbons (Fsp3) is 0.300. The van der Waals surface area contributed by atoms with Gasteiger partial charge in [0.15, 0.2) is 5.78 Å². The van der Waals surface area contributed by atoms with Crippen molar-refractivity contribution in [1.82, 2.24) is 5.32 Å². The van der Waals surface area contributed by atoms with Crippen LogP contribution >= 0.6 is 0 Å². The van der Waals surface area contributed by atoms with E-state index in [2.05, 4.69) is 5.32 Å². The van der Waals surface area contributed by atoms with Crippen molar-refractivity contribution in [3.63, 3.8) is 0 Å². The van der Waals surface area contributed by atoms with Crippen molar-refractivity contribution < 1.29 is 19.1 Å². The van der Waals surface area contributed by atoms with Gasteiger partial charge < -0.3 is 14.8 Å². The first-order chi connectivity index (χ1) is 12.2. The lowest BCUT2D eigenvalue weighted by Gasteiger charge is -2.09. The Kier molecular flexibility index (Phi) is 7.50. The zero-order valence-corrected chi connectivity index (χ0v) is 14.4. The van der Waals surface area contributed by atoms with Crippen LogP contribution in [0.1, 0.15) is 30.1 Å². The summed E-state index contributed by atoms with van der Waals surface area (Å²) >= 11 is 0. The topological polar surface area (TPSA) is 64.6 Å². The molecule has 25 heavy (non-hydrogen) atoms. The summed E-state index contributed by atoms with van der Waals surface area (Å²) < 4.78 is 10.9. The Balaban J connectivity index is 1.61. The summed E-state index contributed by atoms with van der Waals surface area (Å²) in [6, 6.07) is 16.3. The van der Waals surface area contributed by atoms with E-state index in [4.69, 9.17) is 9.47 Å². The molecule has 1 N–H and O–H groups in total. The van der Waals surface area contributed by atoms with Crippen LogP contribution in [0.5, 0.6) is 11.5 Å². The fourth-order valence-electron chi connectivity index (χ4n) is 2.24. The number of hydrogen-bond donors (Lipinski definition) is 1. The second-order valence-corrected chi connectivity index (χ2v) is 5.39. The molecule has 0 saturated carbocycles. The Morgan fingerprint density at radius 3 is 2.16 bits per heavy atom. The van der Waals surface area contributed by atoms with E-state index < -0.39 is 0 Å². The monoisotopic (exact) mass is 341 g/mol. The van der Waals surface area contributed by atoms with Gasteiger partial charge in [-0.2, -0.15) is 0 Å². The molecule has 5 nitrogen and oxygen atoms in total. The molecule has 0 heterocycles. The van der Waals surface area contributed by atoms with E-state index in [-0.39, 0.29) is 24.5 Å². The molecule has 0 saturated heterocycles. The van der Waals surface area contributed by atoms with Crippen LogP contribution in [0.25, 0.3) is 0 Å². The van der Waals surface area contributed by atoms with Crippen LogP contribution < -0.4 is 14.8 Å². The number of carbonyl (C=O) groups excluding carboxylic acids is 2. The number of carbonyl (C=O) groups is 2. The number of rotatable bonds is 10. The molecule has 0 aliphatic heterocycles. The Morgan fingerprint density at radius 2 is 1.52 bits per heavy atom. The van der Waals surface area contributed by atoms with Crippen molar-refractivity contribution in [3.05, 3.63) is 60.2 Å². The highest BCUT2D eigenvalue weighted by atomic mass is 16.5. The summed E-state index contributed by atoms with van der Waals surface area (Å²) in [5.41, 5.74) is 0.633. The van der Waals surface area contributed by atoms with Crippen LogP contribution in [0.3, 0.4) is 0 Å². The van der Waals surface area contributed by atoms with E-state index in [1.54, 1.807) is 12.1 Å². The highest BCUT2D eigenvalue weighted by Gasteiger charge is 2.08. The summed E-state index contributed by atoms with van der Waals surface area (Å²) in [5, 5.41) is 2.75. The minimum Gasteiger partial charge on any atom is -0.494 e. The molecule has 0 aromatic heterocycles. The first-order valence-corrected chi connectivity index (χ1v) is 8.39. The van der Waals surface area contributed by atoms with E-state index >= 15 is 0 Å². The molecule has 0 unspecified atom stereocenters. The number of benzene rings is 2. The lowest BCUT2D eigenvalue weighted by Crippen LogP contribution is -2.28. The smallest absolute Gasteiger partial charge is 0.220 e. The van der Waals surface area contributed by atoms with Crippen molar-refractivity contribution in [2.24, 2.45) is 0 Å². The highest BCUT2D eigenvalue weighted by Crippen LogP contribution is 2.17. The minimum absolute atomic E-state index is 0.0265. The zero-order chi connectivity index (χ0) is 17.9. The second-order valence-electron chi connectivity index (χ2n) is 5.39. The van der Waals surface area contributed by atoms with Crippen LogP contribution in [-0.4, -0.2) is 31.4 Å². The lowest BCUT2D eigenvalue weighted by molar-refractivity contribution is -0.121. The van der Waals surface area contributed by atoms with E-state index in [1.165, 1.54) is 0 Å². The number of amides is 1. The molecule has 0 bridgehead atoms. The quantitative estimate of drug-likeness (QED) is 0.532. The fourth-order valence-corrected chi connectivity index (χ4v) is 2.24. The van der Waals surface area contributed by atoms with Gasteiger partial charge in [-0.3, -0.25) is 9.59 Å². The molecule has 0 spiro atoms. The van der Waals surface area contributed by atoms with Crippen LogP contribution in [0.2, 0.25) is 0 Å². The Morgan fingerprint density at radius 1 is 0.880 bits per heavy atom. The van der Waals surface area contributed by atoms with Gasteiger partial charge >= 0.3 is 0 Å². The van der Waals surface area contributed by atoms with Crippen molar-refractivity contribution in [3.8, 4) is 11.5 Å². The molecule has 0 aliphatic rings. The van der Waals surface area contributed by atoms with Gasteiger partial charge in [-0.15, -0.1) is 0 Å². The third-order valence-electron chi connectivity index (χ3n) is 3.50. The van der Waals surface area contributed by atoms with Crippen molar-refractivity contribution in [2.45, 2.75) is 19.8 Å². The number of Topliss-reactive ketones (excluding diaryl/α,β-unsaturated/α-hetero) is 1. The number of ether oxygens (including phenoxy) is 2. The summed E-state index contributed by atoms with van der Waals surface area (Å²) in [5.74, 6) is 1.34. The Bertz CT molecular complexity index is 668. The molecular weight excluding hydrogens is 318 g/mol. The van der Waals surface area contributed by atoms with Gasteiger partial charge in [0.1, 0.15) is 18.1 Å². The average molecular weight is 341 g/mol. The number of hydrogen-bond acceptors (Lipinski definition) is 4. The molecule has 132 valence electrons. The normalized spacial score (nSPS) is 10.1. The van der Waals surface area contributed by atoms with Gasteiger partial charge in [0.2, 0.25) is 5.91 Å². The van der Waals surface area contributed by atoms with Crippen molar-refractivity contribution >= 4 is 11.7 Å². The van der Waals surface area contributed by atoms with E-state index in [0.29, 0.717) is 25.3 Å². The summed E-state index contributed by atoms with van der Waals surface area (Å²) in [6.07, 6.45) is 0.381. The first-order valence-electron chi connectivity index (χ1n) is 8.39. The third-order valence-corrected chi connectivity index (χ3v) is 3.50. The Labute approximate surface area is 148 Å². The van der Waals surface area contributed by atoms with Crippen LogP contribution in [-0.2, 0) is 4.79 Å². The Hall–Kier alpha value is -2.82. The maximum Gasteiger partial charge on any atom is 0.220 e. The molecule has 0 fully saturated rings. The van der Waals surface area contributed by atoms with Crippen LogP contribution in [0.15, 0.2) is 54.6 Å². The summed E-state index contributed by atoms with van der Waals surface area (Å²) in [6.45, 7) is 3.32. The largest absolute Gasteiger partial charge is 0.494 e. The van der Waals surface area contributed by atoms with E-state index in [0.717, 1.165) is 11.5 Å². The number of ketones is 1. The van der Waals surface area contributed by atoms with Crippen LogP contribution in [0, 0.1) is 0 Å². The predicted octanol–water partition coefficient (Wildman–Crippen LogP) is 3.24. The van der Waals surface area contributed by atoms with Crippen molar-refractivity contribution in [2.75, 3.05) is 19.8 Å². The zero-order valence-electron chi connectivity index (χ0n) is 14.4. The van der Waals surface area contributed by atoms with E-state index in [9.17, 15) is 9.59 Å². The number of nitrogens with one attached hydrogen (secondary N) is 1. The lowest BCUT2D eigenvalue weighted by atomic mass is 10.1. The first kappa shape index (κ1) is 18.5. The van der Waals surface area contributed by atoms with Crippen LogP contribution in [0.4, 0.5) is 0 Å². The molecule has 0 atom stereocenters. The third kappa shape index (κ3) is 6.67. The molecule has 5 heteroatoms. The maximum absolute atomic E-state index is 11.9. The van der Waals surface area contributed by atoms with Crippen molar-refractivity contribution in [1.29, 1.82) is 0 Å². The SMILES string of the molecule is CCOc1ccc(OCCNC(=O)CCC(=O)c2ccccc2)cc1. The predicted molar refractivity (Wildman–Crippen MR) is 96.1 cm³/mol. The summed E-state index contributed by atoms with van der Waals surface area (Å²) in [4.78, 5) is 23.7. The van der Waals surface area contributed by atoms with E-state index in [1.807, 2.05) is 49.4 Å². The molecule has 2 aromatic rings. The molecule has 2 rings (SSSR count). The van der Waals surface area contributed by atoms with Gasteiger partial charge in [0.25, 0.3) is 0 Å². The average Bonchev–Trinajstić information content (AvgIpc) is 2.65.